The number of phenolic OH excluding ortho intramolecular Hbond substituents is 1. The summed E-state index contributed by atoms with van der Waals surface area (Å²) in [5.74, 6) is -2.02. The molecule has 1 saturated heterocycles. The SMILES string of the molecule is O=C(COC(=O)c1cc(-c2ccc(N3C(=O)C4C5C=CC(C5)C4C3=O)cc2)nc2ccc(Br)cc12)c1ccccc1O. The van der Waals surface area contributed by atoms with Gasteiger partial charge in [0.1, 0.15) is 5.75 Å². The van der Waals surface area contributed by atoms with Crippen LogP contribution >= 0.6 is 15.9 Å². The first-order valence-electron chi connectivity index (χ1n) is 13.6. The number of pyridine rings is 1. The van der Waals surface area contributed by atoms with Crippen molar-refractivity contribution >= 4 is 56.1 Å². The molecule has 2 fully saturated rings. The number of carbonyl (C=O) groups excluding carboxylic acids is 4. The second-order valence-corrected chi connectivity index (χ2v) is 11.7. The van der Waals surface area contributed by atoms with Crippen molar-refractivity contribution in [2.24, 2.45) is 23.7 Å². The second-order valence-electron chi connectivity index (χ2n) is 10.8. The zero-order valence-corrected chi connectivity index (χ0v) is 23.7. The van der Waals surface area contributed by atoms with E-state index in [-0.39, 0.29) is 52.4 Å². The molecular formula is C33H23BrN2O6. The Kier molecular flexibility index (Phi) is 6.27. The van der Waals surface area contributed by atoms with Gasteiger partial charge < -0.3 is 9.84 Å². The van der Waals surface area contributed by atoms with Gasteiger partial charge in [0.25, 0.3) is 0 Å². The maximum absolute atomic E-state index is 13.3. The lowest BCUT2D eigenvalue weighted by atomic mass is 9.85. The van der Waals surface area contributed by atoms with Crippen LogP contribution in [0, 0.1) is 23.7 Å². The second kappa shape index (κ2) is 10.0. The predicted molar refractivity (Wildman–Crippen MR) is 158 cm³/mol. The fraction of sp³-hybridized carbons (Fsp3) is 0.182. The smallest absolute Gasteiger partial charge is 0.339 e. The van der Waals surface area contributed by atoms with E-state index in [4.69, 9.17) is 9.72 Å². The van der Waals surface area contributed by atoms with Gasteiger partial charge in [0.2, 0.25) is 17.6 Å². The zero-order valence-electron chi connectivity index (χ0n) is 22.1. The van der Waals surface area contributed by atoms with Crippen LogP contribution in [-0.4, -0.2) is 40.3 Å². The molecule has 0 radical (unpaired) electrons. The van der Waals surface area contributed by atoms with Crippen molar-refractivity contribution < 1.29 is 29.0 Å². The minimum absolute atomic E-state index is 0.0657. The number of hydrogen-bond acceptors (Lipinski definition) is 7. The van der Waals surface area contributed by atoms with E-state index >= 15 is 0 Å². The number of para-hydroxylation sites is 1. The van der Waals surface area contributed by atoms with Gasteiger partial charge in [0, 0.05) is 15.4 Å². The maximum atomic E-state index is 13.3. The number of esters is 1. The number of allylic oxidation sites excluding steroid dienone is 2. The molecule has 1 saturated carbocycles. The molecule has 8 nitrogen and oxygen atoms in total. The van der Waals surface area contributed by atoms with E-state index in [2.05, 4.69) is 28.1 Å². The van der Waals surface area contributed by atoms with Gasteiger partial charge in [0.15, 0.2) is 6.61 Å². The summed E-state index contributed by atoms with van der Waals surface area (Å²) >= 11 is 3.43. The van der Waals surface area contributed by atoms with E-state index in [0.29, 0.717) is 27.8 Å². The van der Waals surface area contributed by atoms with Crippen LogP contribution in [0.5, 0.6) is 5.75 Å². The highest BCUT2D eigenvalue weighted by Crippen LogP contribution is 2.53. The topological polar surface area (TPSA) is 114 Å². The zero-order chi connectivity index (χ0) is 29.1. The number of amides is 2. The van der Waals surface area contributed by atoms with E-state index in [9.17, 15) is 24.3 Å². The van der Waals surface area contributed by atoms with Gasteiger partial charge in [-0.1, -0.05) is 52.3 Å². The Labute approximate surface area is 248 Å². The molecule has 2 amide bonds. The van der Waals surface area contributed by atoms with Crippen LogP contribution in [0.2, 0.25) is 0 Å². The van der Waals surface area contributed by atoms with Crippen LogP contribution in [0.1, 0.15) is 27.1 Å². The van der Waals surface area contributed by atoms with E-state index < -0.39 is 18.4 Å². The molecule has 2 bridgehead atoms. The Morgan fingerprint density at radius 1 is 0.905 bits per heavy atom. The Hall–Kier alpha value is -4.63. The fourth-order valence-corrected chi connectivity index (χ4v) is 6.81. The quantitative estimate of drug-likeness (QED) is 0.127. The molecular weight excluding hydrogens is 600 g/mol. The van der Waals surface area contributed by atoms with Crippen molar-refractivity contribution in [2.45, 2.75) is 6.42 Å². The van der Waals surface area contributed by atoms with Crippen LogP contribution in [0.15, 0.2) is 89.4 Å². The molecule has 42 heavy (non-hydrogen) atoms. The van der Waals surface area contributed by atoms with Crippen LogP contribution in [0.3, 0.4) is 0 Å². The van der Waals surface area contributed by atoms with Crippen molar-refractivity contribution in [2.75, 3.05) is 11.5 Å². The number of Topliss-reactive ketones (excluding diaryl/α,β-unsaturated/α-hetero) is 1. The molecule has 3 aliphatic rings. The molecule has 3 aromatic carbocycles. The third-order valence-electron chi connectivity index (χ3n) is 8.42. The minimum Gasteiger partial charge on any atom is -0.507 e. The van der Waals surface area contributed by atoms with Crippen molar-refractivity contribution in [3.05, 3.63) is 101 Å². The summed E-state index contributed by atoms with van der Waals surface area (Å²) in [6.07, 6.45) is 5.01. The third-order valence-corrected chi connectivity index (χ3v) is 8.91. The van der Waals surface area contributed by atoms with Crippen molar-refractivity contribution in [1.29, 1.82) is 0 Å². The normalized spacial score (nSPS) is 22.2. The molecule has 0 spiro atoms. The fourth-order valence-electron chi connectivity index (χ4n) is 6.45. The van der Waals surface area contributed by atoms with Crippen LogP contribution < -0.4 is 4.90 Å². The van der Waals surface area contributed by atoms with Gasteiger partial charge >= 0.3 is 5.97 Å². The molecule has 2 aliphatic carbocycles. The van der Waals surface area contributed by atoms with Gasteiger partial charge in [-0.25, -0.2) is 9.78 Å². The number of fused-ring (bicyclic) bond motifs is 6. The summed E-state index contributed by atoms with van der Waals surface area (Å²) in [6.45, 7) is -0.546. The number of aromatic hydroxyl groups is 1. The Bertz CT molecular complexity index is 1820. The molecule has 208 valence electrons. The number of anilines is 1. The maximum Gasteiger partial charge on any atom is 0.339 e. The van der Waals surface area contributed by atoms with E-state index in [1.165, 1.54) is 17.0 Å². The lowest BCUT2D eigenvalue weighted by Gasteiger charge is -2.17. The minimum atomic E-state index is -0.717. The number of ketones is 1. The number of ether oxygens (including phenoxy) is 1. The van der Waals surface area contributed by atoms with Gasteiger partial charge in [-0.2, -0.15) is 0 Å². The van der Waals surface area contributed by atoms with Crippen molar-refractivity contribution in [1.82, 2.24) is 4.98 Å². The molecule has 1 aliphatic heterocycles. The van der Waals surface area contributed by atoms with Gasteiger partial charge in [-0.05, 0) is 66.8 Å². The van der Waals surface area contributed by atoms with Gasteiger partial charge in [-0.15, -0.1) is 0 Å². The Balaban J connectivity index is 1.17. The van der Waals surface area contributed by atoms with Crippen LogP contribution in [0.25, 0.3) is 22.2 Å². The molecule has 1 N–H and O–H groups in total. The molecule has 1 aromatic heterocycles. The summed E-state index contributed by atoms with van der Waals surface area (Å²) in [5, 5.41) is 10.5. The summed E-state index contributed by atoms with van der Waals surface area (Å²) in [6, 6.07) is 20.0. The Morgan fingerprint density at radius 3 is 2.29 bits per heavy atom. The molecule has 9 heteroatoms. The summed E-state index contributed by atoms with van der Waals surface area (Å²) in [7, 11) is 0. The van der Waals surface area contributed by atoms with E-state index in [1.54, 1.807) is 54.6 Å². The number of rotatable bonds is 6. The lowest BCUT2D eigenvalue weighted by Crippen LogP contribution is -2.32. The van der Waals surface area contributed by atoms with Crippen LogP contribution in [-0.2, 0) is 14.3 Å². The number of hydrogen-bond donors (Lipinski definition) is 1. The number of imide groups is 1. The molecule has 4 atom stereocenters. The number of halogens is 1. The third kappa shape index (κ3) is 4.23. The largest absolute Gasteiger partial charge is 0.507 e. The molecule has 2 heterocycles. The van der Waals surface area contributed by atoms with Gasteiger partial charge in [-0.3, -0.25) is 19.3 Å². The molecule has 4 aromatic rings. The van der Waals surface area contributed by atoms with Crippen molar-refractivity contribution in [3.8, 4) is 17.0 Å². The highest BCUT2D eigenvalue weighted by Gasteiger charge is 2.59. The summed E-state index contributed by atoms with van der Waals surface area (Å²) < 4.78 is 6.12. The highest BCUT2D eigenvalue weighted by atomic mass is 79.9. The number of benzene rings is 3. The Morgan fingerprint density at radius 2 is 1.60 bits per heavy atom. The van der Waals surface area contributed by atoms with E-state index in [1.807, 2.05) is 6.07 Å². The van der Waals surface area contributed by atoms with Crippen LogP contribution in [0.4, 0.5) is 5.69 Å². The average molecular weight is 623 g/mol. The van der Waals surface area contributed by atoms with Gasteiger partial charge in [0.05, 0.1) is 39.9 Å². The van der Waals surface area contributed by atoms with E-state index in [0.717, 1.165) is 10.9 Å². The first kappa shape index (κ1) is 26.3. The monoisotopic (exact) mass is 622 g/mol. The first-order valence-corrected chi connectivity index (χ1v) is 14.3. The molecule has 7 rings (SSSR count). The number of phenols is 1. The summed E-state index contributed by atoms with van der Waals surface area (Å²) in [4.78, 5) is 58.3. The lowest BCUT2D eigenvalue weighted by molar-refractivity contribution is -0.123. The number of aromatic nitrogens is 1. The first-order chi connectivity index (χ1) is 20.3. The predicted octanol–water partition coefficient (Wildman–Crippen LogP) is 5.72. The average Bonchev–Trinajstić information content (AvgIpc) is 3.69. The highest BCUT2D eigenvalue weighted by molar-refractivity contribution is 9.10. The standard InChI is InChI=1S/C33H23BrN2O6/c34-20-9-12-25-23(14-20)24(33(41)42-16-28(38)22-3-1-2-4-27(22)37)15-26(35-25)17-7-10-21(11-8-17)36-31(39)29-18-5-6-19(13-18)30(29)32(36)40/h1-12,14-15,18-19,29-30,37H,13,16H2. The number of carbonyl (C=O) groups is 4. The number of nitrogens with zero attached hydrogens (tertiary/aromatic N) is 2. The molecule has 4 unspecified atom stereocenters. The van der Waals surface area contributed by atoms with Crippen molar-refractivity contribution in [3.63, 3.8) is 0 Å². The summed E-state index contributed by atoms with van der Waals surface area (Å²) in [5.41, 5.74) is 2.48.